The lowest BCUT2D eigenvalue weighted by atomic mass is 9.80. The first-order valence-corrected chi connectivity index (χ1v) is 8.86. The van der Waals surface area contributed by atoms with Crippen LogP contribution in [0.3, 0.4) is 0 Å². The Morgan fingerprint density at radius 2 is 1.57 bits per heavy atom. The summed E-state index contributed by atoms with van der Waals surface area (Å²) in [7, 11) is 0. The quantitative estimate of drug-likeness (QED) is 0.247. The summed E-state index contributed by atoms with van der Waals surface area (Å²) < 4.78 is 9.68. The van der Waals surface area contributed by atoms with Gasteiger partial charge in [0.15, 0.2) is 0 Å². The van der Waals surface area contributed by atoms with E-state index in [-0.39, 0.29) is 0 Å². The number of hydrogen-bond acceptors (Lipinski definition) is 9. The molecule has 126 valence electrons. The standard InChI is InChI=1S/C10H21O9PS/c1-4-6(13)8(15)10(9(16)7(4)14)19-20(17,21)18-3-5(12)2-11/h4-16H,2-3H2,1H3,(H,17,21)/t4?,5?,6-,7+,8-,9?,10?,20?/m1/s1. The van der Waals surface area contributed by atoms with E-state index in [0.717, 1.165) is 0 Å². The first-order valence-electron chi connectivity index (χ1n) is 6.27. The summed E-state index contributed by atoms with van der Waals surface area (Å²) in [5, 5.41) is 56.9. The second kappa shape index (κ2) is 7.71. The van der Waals surface area contributed by atoms with E-state index >= 15 is 0 Å². The molecule has 21 heavy (non-hydrogen) atoms. The molecule has 1 saturated carbocycles. The van der Waals surface area contributed by atoms with Crippen molar-refractivity contribution in [2.75, 3.05) is 13.2 Å². The van der Waals surface area contributed by atoms with E-state index in [0.29, 0.717) is 0 Å². The lowest BCUT2D eigenvalue weighted by molar-refractivity contribution is -0.194. The molecule has 11 heteroatoms. The van der Waals surface area contributed by atoms with Crippen molar-refractivity contribution in [3.63, 3.8) is 0 Å². The number of rotatable bonds is 6. The molecule has 0 saturated heterocycles. The van der Waals surface area contributed by atoms with Crippen LogP contribution in [-0.4, -0.2) is 85.4 Å². The second-order valence-corrected chi connectivity index (χ2v) is 7.78. The van der Waals surface area contributed by atoms with Crippen molar-refractivity contribution in [2.24, 2.45) is 5.92 Å². The minimum absolute atomic E-state index is 0.509. The fourth-order valence-corrected chi connectivity index (χ4v) is 3.42. The molecule has 9 nitrogen and oxygen atoms in total. The minimum Gasteiger partial charge on any atom is -0.394 e. The first-order chi connectivity index (χ1) is 9.60. The van der Waals surface area contributed by atoms with Crippen molar-refractivity contribution in [1.82, 2.24) is 0 Å². The maximum atomic E-state index is 9.85. The molecule has 0 radical (unpaired) electrons. The van der Waals surface area contributed by atoms with E-state index in [4.69, 9.17) is 19.3 Å². The van der Waals surface area contributed by atoms with Crippen LogP contribution in [0.4, 0.5) is 0 Å². The van der Waals surface area contributed by atoms with Crippen LogP contribution < -0.4 is 0 Å². The van der Waals surface area contributed by atoms with E-state index in [2.05, 4.69) is 11.8 Å². The van der Waals surface area contributed by atoms with E-state index < -0.39 is 62.5 Å². The highest BCUT2D eigenvalue weighted by atomic mass is 32.5. The van der Waals surface area contributed by atoms with Crippen molar-refractivity contribution < 1.29 is 44.6 Å². The van der Waals surface area contributed by atoms with E-state index in [1.807, 2.05) is 0 Å². The fourth-order valence-electron chi connectivity index (χ4n) is 1.96. The zero-order valence-corrected chi connectivity index (χ0v) is 13.0. The Bertz CT molecular complexity index is 368. The molecule has 7 N–H and O–H groups in total. The third-order valence-electron chi connectivity index (χ3n) is 3.35. The molecular formula is C10H21O9PS. The van der Waals surface area contributed by atoms with Gasteiger partial charge in [0.05, 0.1) is 25.4 Å². The Hall–Kier alpha value is 0.290. The SMILES string of the molecule is CC1[C@H](O)C(O)C(OP(O)(=S)OCC(O)CO)[C@H](O)[C@@H]1O. The number of hydrogen-bond donors (Lipinski definition) is 7. The Balaban J connectivity index is 2.72. The molecule has 0 aromatic heterocycles. The van der Waals surface area contributed by atoms with Crippen molar-refractivity contribution in [2.45, 2.75) is 43.5 Å². The molecule has 0 heterocycles. The first kappa shape index (κ1) is 19.3. The molecule has 0 aromatic carbocycles. The third-order valence-corrected chi connectivity index (χ3v) is 4.91. The van der Waals surface area contributed by atoms with E-state index in [9.17, 15) is 25.3 Å². The molecule has 0 aromatic rings. The Kier molecular flexibility index (Phi) is 7.10. The second-order valence-electron chi connectivity index (χ2n) is 4.99. The monoisotopic (exact) mass is 348 g/mol. The van der Waals surface area contributed by atoms with Gasteiger partial charge >= 0.3 is 6.72 Å². The van der Waals surface area contributed by atoms with Crippen molar-refractivity contribution in [1.29, 1.82) is 0 Å². The summed E-state index contributed by atoms with van der Waals surface area (Å²) in [6, 6.07) is 0. The highest BCUT2D eigenvalue weighted by Gasteiger charge is 2.49. The van der Waals surface area contributed by atoms with Crippen molar-refractivity contribution in [3.05, 3.63) is 0 Å². The van der Waals surface area contributed by atoms with Crippen LogP contribution in [0.5, 0.6) is 0 Å². The normalized spacial score (nSPS) is 41.5. The molecule has 5 unspecified atom stereocenters. The molecule has 0 aliphatic heterocycles. The van der Waals surface area contributed by atoms with Crippen LogP contribution >= 0.6 is 6.72 Å². The summed E-state index contributed by atoms with van der Waals surface area (Å²) in [6.45, 7) is -3.65. The lowest BCUT2D eigenvalue weighted by Crippen LogP contribution is -2.60. The number of aliphatic hydroxyl groups excluding tert-OH is 6. The summed E-state index contributed by atoms with van der Waals surface area (Å²) in [5.41, 5.74) is 0. The zero-order valence-electron chi connectivity index (χ0n) is 11.3. The van der Waals surface area contributed by atoms with Gasteiger partial charge in [-0.05, 0) is 11.8 Å². The molecule has 0 bridgehead atoms. The van der Waals surface area contributed by atoms with Gasteiger partial charge in [0.25, 0.3) is 0 Å². The molecule has 0 amide bonds. The van der Waals surface area contributed by atoms with Gasteiger partial charge in [-0.2, -0.15) is 0 Å². The molecular weight excluding hydrogens is 327 g/mol. The van der Waals surface area contributed by atoms with Crippen LogP contribution in [-0.2, 0) is 20.9 Å². The molecule has 1 fully saturated rings. The average Bonchev–Trinajstić information content (AvgIpc) is 2.45. The van der Waals surface area contributed by atoms with Gasteiger partial charge in [-0.1, -0.05) is 6.92 Å². The van der Waals surface area contributed by atoms with Gasteiger partial charge in [0, 0.05) is 5.92 Å². The van der Waals surface area contributed by atoms with Crippen LogP contribution in [0.25, 0.3) is 0 Å². The average molecular weight is 348 g/mol. The highest BCUT2D eigenvalue weighted by molar-refractivity contribution is 8.07. The zero-order chi connectivity index (χ0) is 16.4. The minimum atomic E-state index is -3.96. The largest absolute Gasteiger partial charge is 0.394 e. The van der Waals surface area contributed by atoms with Gasteiger partial charge < -0.3 is 40.1 Å². The Morgan fingerprint density at radius 3 is 2.00 bits per heavy atom. The third kappa shape index (κ3) is 4.88. The highest BCUT2D eigenvalue weighted by Crippen LogP contribution is 2.47. The Labute approximate surface area is 126 Å². The smallest absolute Gasteiger partial charge is 0.325 e. The van der Waals surface area contributed by atoms with Crippen molar-refractivity contribution in [3.8, 4) is 0 Å². The molecule has 1 aliphatic rings. The summed E-state index contributed by atoms with van der Waals surface area (Å²) in [4.78, 5) is 9.79. The van der Waals surface area contributed by atoms with Gasteiger partial charge in [-0.3, -0.25) is 4.52 Å². The summed E-state index contributed by atoms with van der Waals surface area (Å²) >= 11 is 4.65. The topological polar surface area (TPSA) is 160 Å². The predicted molar refractivity (Wildman–Crippen MR) is 73.6 cm³/mol. The fraction of sp³-hybridized carbons (Fsp3) is 1.00. The van der Waals surface area contributed by atoms with Gasteiger partial charge in [0.1, 0.15) is 24.4 Å². The van der Waals surface area contributed by atoms with Crippen LogP contribution in [0.2, 0.25) is 0 Å². The van der Waals surface area contributed by atoms with Crippen LogP contribution in [0, 0.1) is 5.92 Å². The van der Waals surface area contributed by atoms with Gasteiger partial charge in [0.2, 0.25) is 0 Å². The van der Waals surface area contributed by atoms with Gasteiger partial charge in [-0.25, -0.2) is 0 Å². The summed E-state index contributed by atoms with van der Waals surface area (Å²) in [5.74, 6) is -0.802. The molecule has 1 rings (SSSR count). The van der Waals surface area contributed by atoms with Gasteiger partial charge in [-0.15, -0.1) is 0 Å². The Morgan fingerprint density at radius 1 is 1.10 bits per heavy atom. The van der Waals surface area contributed by atoms with Crippen LogP contribution in [0.1, 0.15) is 6.92 Å². The maximum Gasteiger partial charge on any atom is 0.325 e. The predicted octanol–water partition coefficient (Wildman–Crippen LogP) is -2.95. The van der Waals surface area contributed by atoms with E-state index in [1.165, 1.54) is 6.92 Å². The van der Waals surface area contributed by atoms with E-state index in [1.54, 1.807) is 0 Å². The molecule has 1 aliphatic carbocycles. The molecule has 0 spiro atoms. The number of aliphatic hydroxyl groups is 6. The lowest BCUT2D eigenvalue weighted by Gasteiger charge is -2.43. The maximum absolute atomic E-state index is 9.85. The van der Waals surface area contributed by atoms with Crippen molar-refractivity contribution >= 4 is 18.5 Å². The summed E-state index contributed by atoms with van der Waals surface area (Å²) in [6.07, 6.45) is -8.76. The van der Waals surface area contributed by atoms with Crippen LogP contribution in [0.15, 0.2) is 0 Å². The molecule has 8 atom stereocenters.